The lowest BCUT2D eigenvalue weighted by Crippen LogP contribution is -2.41. The first-order chi connectivity index (χ1) is 7.77. The molecule has 6 saturated carbocycles. The van der Waals surface area contributed by atoms with Gasteiger partial charge in [-0.05, 0) is 42.4 Å². The van der Waals surface area contributed by atoms with E-state index in [1.807, 2.05) is 0 Å². The van der Waals surface area contributed by atoms with Gasteiger partial charge in [-0.15, -0.1) is 0 Å². The summed E-state index contributed by atoms with van der Waals surface area (Å²) in [6.45, 7) is 1.66. The summed E-state index contributed by atoms with van der Waals surface area (Å²) in [6.07, 6.45) is 2.90. The summed E-state index contributed by atoms with van der Waals surface area (Å²) in [5.41, 5.74) is 0. The molecule has 7 aliphatic rings. The molecule has 0 radical (unpaired) electrons. The van der Waals surface area contributed by atoms with Gasteiger partial charge in [0.2, 0.25) is 0 Å². The van der Waals surface area contributed by atoms with Gasteiger partial charge < -0.3 is 9.47 Å². The Morgan fingerprint density at radius 3 is 2.56 bits per heavy atom. The van der Waals surface area contributed by atoms with Gasteiger partial charge in [0, 0.05) is 16.2 Å². The van der Waals surface area contributed by atoms with E-state index in [0.717, 1.165) is 48.7 Å². The highest BCUT2D eigenvalue weighted by atomic mass is 79.9. The van der Waals surface area contributed by atoms with Gasteiger partial charge in [-0.25, -0.2) is 0 Å². The van der Waals surface area contributed by atoms with Crippen LogP contribution in [0.5, 0.6) is 0 Å². The number of ether oxygens (including phenoxy) is 2. The van der Waals surface area contributed by atoms with Gasteiger partial charge >= 0.3 is 0 Å². The second kappa shape index (κ2) is 2.06. The molecule has 0 unspecified atom stereocenters. The van der Waals surface area contributed by atoms with Gasteiger partial charge in [0.05, 0.1) is 13.2 Å². The van der Waals surface area contributed by atoms with E-state index in [9.17, 15) is 0 Å². The first-order valence-corrected chi connectivity index (χ1v) is 7.53. The van der Waals surface area contributed by atoms with E-state index in [-0.39, 0.29) is 5.79 Å². The SMILES string of the molecule is Br[C@@]12C[C@@H]3[C@H]4C[C@H]5[C@@H]3[C@@H]1C1(OCCO1)[C@H]5[C@H]42. The third-order valence-corrected chi connectivity index (χ3v) is 8.38. The maximum atomic E-state index is 6.18. The molecule has 1 saturated heterocycles. The molecule has 3 heteroatoms. The third-order valence-electron chi connectivity index (χ3n) is 7.03. The maximum absolute atomic E-state index is 6.18. The highest BCUT2D eigenvalue weighted by molar-refractivity contribution is 9.10. The van der Waals surface area contributed by atoms with E-state index in [1.165, 1.54) is 12.8 Å². The van der Waals surface area contributed by atoms with Crippen LogP contribution in [0.2, 0.25) is 0 Å². The molecule has 8 atom stereocenters. The number of alkyl halides is 1. The van der Waals surface area contributed by atoms with Crippen LogP contribution >= 0.6 is 15.9 Å². The molecular weight excluding hydrogens is 268 g/mol. The average molecular weight is 283 g/mol. The third kappa shape index (κ3) is 0.522. The number of rotatable bonds is 0. The van der Waals surface area contributed by atoms with Crippen LogP contribution in [-0.4, -0.2) is 23.3 Å². The zero-order chi connectivity index (χ0) is 10.3. The molecule has 16 heavy (non-hydrogen) atoms. The van der Waals surface area contributed by atoms with E-state index in [4.69, 9.17) is 9.47 Å². The molecule has 2 nitrogen and oxygen atoms in total. The summed E-state index contributed by atoms with van der Waals surface area (Å²) >= 11 is 4.14. The van der Waals surface area contributed by atoms with Crippen molar-refractivity contribution < 1.29 is 9.47 Å². The van der Waals surface area contributed by atoms with Crippen molar-refractivity contribution in [2.24, 2.45) is 41.4 Å². The predicted octanol–water partition coefficient (Wildman–Crippen LogP) is 2.02. The molecule has 1 spiro atoms. The molecule has 86 valence electrons. The highest BCUT2D eigenvalue weighted by Gasteiger charge is 2.91. The number of halogens is 1. The summed E-state index contributed by atoms with van der Waals surface area (Å²) in [5, 5.41) is 0. The standard InChI is InChI=1S/C13H15BrO2/c14-12-4-7-5-3-6-8(7)11(12)13(10(6)9(5)12)15-1-2-16-13/h5-11H,1-4H2/t5-,6+,7-,8+,9+,10-,11+,12-/m1/s1. The van der Waals surface area contributed by atoms with Crippen molar-refractivity contribution >= 4 is 15.9 Å². The lowest BCUT2D eigenvalue weighted by molar-refractivity contribution is -0.194. The Balaban J connectivity index is 1.68. The highest BCUT2D eigenvalue weighted by Crippen LogP contribution is 2.89. The summed E-state index contributed by atoms with van der Waals surface area (Å²) < 4.78 is 12.8. The Morgan fingerprint density at radius 2 is 1.81 bits per heavy atom. The molecule has 7 fully saturated rings. The van der Waals surface area contributed by atoms with Crippen molar-refractivity contribution in [3.63, 3.8) is 0 Å². The Hall–Kier alpha value is 0.400. The average Bonchev–Trinajstić information content (AvgIpc) is 2.97. The summed E-state index contributed by atoms with van der Waals surface area (Å²) in [4.78, 5) is 0. The zero-order valence-corrected chi connectivity index (χ0v) is 10.7. The van der Waals surface area contributed by atoms with E-state index in [2.05, 4.69) is 15.9 Å². The van der Waals surface area contributed by atoms with Crippen LogP contribution in [-0.2, 0) is 9.47 Å². The Labute approximate surface area is 103 Å². The normalized spacial score (nSPS) is 74.4. The number of hydrogen-bond acceptors (Lipinski definition) is 2. The van der Waals surface area contributed by atoms with Gasteiger partial charge in [-0.3, -0.25) is 0 Å². The molecule has 0 N–H and O–H groups in total. The molecule has 7 rings (SSSR count). The molecule has 0 aromatic heterocycles. The topological polar surface area (TPSA) is 18.5 Å². The smallest absolute Gasteiger partial charge is 0.176 e. The van der Waals surface area contributed by atoms with Gasteiger partial charge in [0.15, 0.2) is 5.79 Å². The van der Waals surface area contributed by atoms with Crippen LogP contribution in [0.25, 0.3) is 0 Å². The van der Waals surface area contributed by atoms with Crippen molar-refractivity contribution in [2.75, 3.05) is 13.2 Å². The zero-order valence-electron chi connectivity index (χ0n) is 9.06. The molecule has 0 aromatic carbocycles. The van der Waals surface area contributed by atoms with Crippen LogP contribution in [0.4, 0.5) is 0 Å². The van der Waals surface area contributed by atoms with Gasteiger partial charge in [0.1, 0.15) is 0 Å². The molecule has 1 heterocycles. The maximum Gasteiger partial charge on any atom is 0.176 e. The van der Waals surface area contributed by atoms with Crippen molar-refractivity contribution in [3.8, 4) is 0 Å². The van der Waals surface area contributed by atoms with Gasteiger partial charge in [-0.1, -0.05) is 15.9 Å². The Bertz CT molecular complexity index is 418. The number of hydrogen-bond donors (Lipinski definition) is 0. The van der Waals surface area contributed by atoms with E-state index < -0.39 is 0 Å². The summed E-state index contributed by atoms with van der Waals surface area (Å²) in [5.74, 6) is 6.11. The minimum Gasteiger partial charge on any atom is -0.347 e. The van der Waals surface area contributed by atoms with Crippen LogP contribution < -0.4 is 0 Å². The molecule has 0 amide bonds. The first kappa shape index (κ1) is 8.49. The first-order valence-electron chi connectivity index (χ1n) is 6.74. The van der Waals surface area contributed by atoms with Crippen LogP contribution in [0, 0.1) is 41.4 Å². The van der Waals surface area contributed by atoms with Crippen molar-refractivity contribution in [1.82, 2.24) is 0 Å². The van der Waals surface area contributed by atoms with Gasteiger partial charge in [-0.2, -0.15) is 0 Å². The second-order valence-corrected chi connectivity index (χ2v) is 8.36. The minimum atomic E-state index is -0.135. The van der Waals surface area contributed by atoms with Crippen molar-refractivity contribution in [3.05, 3.63) is 0 Å². The summed E-state index contributed by atoms with van der Waals surface area (Å²) in [6, 6.07) is 0. The fourth-order valence-corrected chi connectivity index (χ4v) is 8.97. The fraction of sp³-hybridized carbons (Fsp3) is 1.00. The predicted molar refractivity (Wildman–Crippen MR) is 60.0 cm³/mol. The molecular formula is C13H15BrO2. The second-order valence-electron chi connectivity index (χ2n) is 6.88. The Morgan fingerprint density at radius 1 is 1.00 bits per heavy atom. The van der Waals surface area contributed by atoms with Gasteiger partial charge in [0.25, 0.3) is 0 Å². The Kier molecular flexibility index (Phi) is 1.09. The monoisotopic (exact) mass is 282 g/mol. The van der Waals surface area contributed by atoms with E-state index in [0.29, 0.717) is 10.2 Å². The van der Waals surface area contributed by atoms with E-state index >= 15 is 0 Å². The minimum absolute atomic E-state index is 0.135. The lowest BCUT2D eigenvalue weighted by Gasteiger charge is -2.37. The molecule has 6 aliphatic carbocycles. The molecule has 6 bridgehead atoms. The van der Waals surface area contributed by atoms with Crippen LogP contribution in [0.1, 0.15) is 12.8 Å². The summed E-state index contributed by atoms with van der Waals surface area (Å²) in [7, 11) is 0. The molecule has 0 aromatic rings. The van der Waals surface area contributed by atoms with Crippen molar-refractivity contribution in [1.29, 1.82) is 0 Å². The fourth-order valence-electron chi connectivity index (χ4n) is 7.34. The molecule has 1 aliphatic heterocycles. The van der Waals surface area contributed by atoms with E-state index in [1.54, 1.807) is 0 Å². The largest absolute Gasteiger partial charge is 0.347 e. The lowest BCUT2D eigenvalue weighted by atomic mass is 9.71. The van der Waals surface area contributed by atoms with Crippen LogP contribution in [0.15, 0.2) is 0 Å². The quantitative estimate of drug-likeness (QED) is 0.633. The van der Waals surface area contributed by atoms with Crippen LogP contribution in [0.3, 0.4) is 0 Å². The van der Waals surface area contributed by atoms with Crippen molar-refractivity contribution in [2.45, 2.75) is 23.0 Å².